The van der Waals surface area contributed by atoms with Gasteiger partial charge in [0.05, 0.1) is 0 Å². The average Bonchev–Trinajstić information content (AvgIpc) is 2.79. The van der Waals surface area contributed by atoms with E-state index < -0.39 is 0 Å². The second-order valence-corrected chi connectivity index (χ2v) is 8.23. The van der Waals surface area contributed by atoms with E-state index in [4.69, 9.17) is 11.6 Å². The Labute approximate surface area is 177 Å². The fraction of sp³-hybridized carbons (Fsp3) is 0.500. The van der Waals surface area contributed by atoms with Crippen LogP contribution in [0.1, 0.15) is 43.0 Å². The minimum absolute atomic E-state index is 0.0317. The van der Waals surface area contributed by atoms with Crippen LogP contribution in [0.2, 0.25) is 5.02 Å². The van der Waals surface area contributed by atoms with Crippen LogP contribution in [-0.4, -0.2) is 59.8 Å². The number of amides is 1. The number of hydrogen-bond acceptors (Lipinski definition) is 5. The molecule has 2 saturated heterocycles. The number of anilines is 2. The van der Waals surface area contributed by atoms with Gasteiger partial charge in [0.25, 0.3) is 5.91 Å². The summed E-state index contributed by atoms with van der Waals surface area (Å²) in [5.74, 6) is 1.90. The van der Waals surface area contributed by atoms with E-state index in [1.165, 1.54) is 19.3 Å². The molecule has 1 unspecified atom stereocenters. The van der Waals surface area contributed by atoms with Gasteiger partial charge in [-0.25, -0.2) is 0 Å². The van der Waals surface area contributed by atoms with Crippen LogP contribution in [-0.2, 0) is 0 Å². The Morgan fingerprint density at radius 3 is 2.48 bits per heavy atom. The molecule has 0 radical (unpaired) electrons. The molecule has 1 amide bonds. The third kappa shape index (κ3) is 4.47. The Kier molecular flexibility index (Phi) is 6.19. The summed E-state index contributed by atoms with van der Waals surface area (Å²) in [6.45, 7) is 6.15. The van der Waals surface area contributed by atoms with Gasteiger partial charge in [0, 0.05) is 49.4 Å². The number of benzene rings is 1. The molecule has 0 bridgehead atoms. The van der Waals surface area contributed by atoms with E-state index in [0.717, 1.165) is 37.7 Å². The third-order valence-corrected chi connectivity index (χ3v) is 6.23. The van der Waals surface area contributed by atoms with Crippen LogP contribution in [0, 0.1) is 0 Å². The summed E-state index contributed by atoms with van der Waals surface area (Å²) < 4.78 is 0. The number of piperidine rings is 1. The first-order valence-corrected chi connectivity index (χ1v) is 10.9. The second-order valence-electron chi connectivity index (χ2n) is 7.79. The van der Waals surface area contributed by atoms with Crippen molar-refractivity contribution in [3.63, 3.8) is 0 Å². The molecule has 29 heavy (non-hydrogen) atoms. The highest BCUT2D eigenvalue weighted by molar-refractivity contribution is 6.30. The second kappa shape index (κ2) is 8.99. The molecule has 0 aliphatic carbocycles. The van der Waals surface area contributed by atoms with E-state index in [-0.39, 0.29) is 5.91 Å². The van der Waals surface area contributed by atoms with Gasteiger partial charge in [-0.1, -0.05) is 24.6 Å². The molecule has 0 N–H and O–H groups in total. The van der Waals surface area contributed by atoms with Gasteiger partial charge in [0.2, 0.25) is 0 Å². The van der Waals surface area contributed by atoms with Crippen molar-refractivity contribution < 1.29 is 4.79 Å². The van der Waals surface area contributed by atoms with Gasteiger partial charge in [0.1, 0.15) is 0 Å². The number of piperazine rings is 1. The molecular weight excluding hydrogens is 386 g/mol. The van der Waals surface area contributed by atoms with Gasteiger partial charge in [-0.2, -0.15) is 0 Å². The lowest BCUT2D eigenvalue weighted by Crippen LogP contribution is -2.49. The Hall–Kier alpha value is -2.34. The van der Waals surface area contributed by atoms with Crippen molar-refractivity contribution in [2.24, 2.45) is 0 Å². The van der Waals surface area contributed by atoms with Crippen molar-refractivity contribution in [2.45, 2.75) is 38.6 Å². The van der Waals surface area contributed by atoms with Crippen LogP contribution in [0.15, 0.2) is 36.4 Å². The summed E-state index contributed by atoms with van der Waals surface area (Å²) in [6, 6.07) is 11.9. The highest BCUT2D eigenvalue weighted by Crippen LogP contribution is 2.25. The summed E-state index contributed by atoms with van der Waals surface area (Å²) >= 11 is 6.02. The van der Waals surface area contributed by atoms with Gasteiger partial charge in [-0.05, 0) is 56.0 Å². The van der Waals surface area contributed by atoms with Gasteiger partial charge in [-0.15, -0.1) is 10.2 Å². The fourth-order valence-electron chi connectivity index (χ4n) is 4.31. The molecule has 154 valence electrons. The normalized spacial score (nSPS) is 20.1. The zero-order chi connectivity index (χ0) is 20.2. The van der Waals surface area contributed by atoms with E-state index >= 15 is 0 Å². The number of halogens is 1. The van der Waals surface area contributed by atoms with Gasteiger partial charge < -0.3 is 14.7 Å². The van der Waals surface area contributed by atoms with Crippen LogP contribution in [0.4, 0.5) is 11.6 Å². The molecule has 4 rings (SSSR count). The fourth-order valence-corrected chi connectivity index (χ4v) is 4.50. The van der Waals surface area contributed by atoms with E-state index in [1.807, 2.05) is 17.0 Å². The quantitative estimate of drug-likeness (QED) is 0.761. The third-order valence-electron chi connectivity index (χ3n) is 5.99. The molecule has 6 nitrogen and oxygen atoms in total. The molecule has 0 spiro atoms. The topological polar surface area (TPSA) is 52.6 Å². The van der Waals surface area contributed by atoms with Gasteiger partial charge >= 0.3 is 0 Å². The number of carbonyl (C=O) groups is 1. The zero-order valence-electron chi connectivity index (χ0n) is 16.9. The first-order valence-electron chi connectivity index (χ1n) is 10.6. The Bertz CT molecular complexity index is 835. The maximum atomic E-state index is 12.7. The van der Waals surface area contributed by atoms with Crippen LogP contribution >= 0.6 is 11.6 Å². The van der Waals surface area contributed by atoms with Crippen LogP contribution in [0.25, 0.3) is 0 Å². The molecule has 2 aromatic rings. The molecule has 7 heteroatoms. The molecule has 1 aromatic heterocycles. The lowest BCUT2D eigenvalue weighted by atomic mass is 10.0. The Balaban J connectivity index is 1.37. The first-order chi connectivity index (χ1) is 14.2. The lowest BCUT2D eigenvalue weighted by Gasteiger charge is -2.37. The molecule has 2 fully saturated rings. The number of nitrogens with zero attached hydrogens (tertiary/aromatic N) is 5. The molecule has 0 saturated carbocycles. The predicted octanol–water partition coefficient (Wildman–Crippen LogP) is 3.86. The summed E-state index contributed by atoms with van der Waals surface area (Å²) in [4.78, 5) is 19.2. The molecule has 1 atom stereocenters. The van der Waals surface area contributed by atoms with Crippen LogP contribution in [0.3, 0.4) is 0 Å². The van der Waals surface area contributed by atoms with Crippen molar-refractivity contribution >= 4 is 29.1 Å². The number of hydrogen-bond donors (Lipinski definition) is 0. The summed E-state index contributed by atoms with van der Waals surface area (Å²) in [5.41, 5.74) is 0.641. The molecule has 2 aliphatic heterocycles. The number of aromatic nitrogens is 2. The maximum Gasteiger partial charge on any atom is 0.254 e. The highest BCUT2D eigenvalue weighted by Gasteiger charge is 2.25. The average molecular weight is 414 g/mol. The molecule has 3 heterocycles. The standard InChI is InChI=1S/C22H28ClN5O/c1-2-19-8-3-4-11-28(19)21-10-9-20(24-25-21)26-12-14-27(15-13-26)22(29)17-6-5-7-18(23)16-17/h5-7,9-10,16,19H,2-4,8,11-15H2,1H3. The summed E-state index contributed by atoms with van der Waals surface area (Å²) in [6.07, 6.45) is 4.91. The van der Waals surface area contributed by atoms with E-state index in [2.05, 4.69) is 39.1 Å². The van der Waals surface area contributed by atoms with Crippen molar-refractivity contribution in [1.29, 1.82) is 0 Å². The smallest absolute Gasteiger partial charge is 0.254 e. The monoisotopic (exact) mass is 413 g/mol. The van der Waals surface area contributed by atoms with Crippen molar-refractivity contribution in [2.75, 3.05) is 42.5 Å². The minimum Gasteiger partial charge on any atom is -0.352 e. The largest absolute Gasteiger partial charge is 0.352 e. The SMILES string of the molecule is CCC1CCCCN1c1ccc(N2CCN(C(=O)c3cccc(Cl)c3)CC2)nn1. The molecule has 1 aromatic carbocycles. The van der Waals surface area contributed by atoms with Crippen molar-refractivity contribution in [3.8, 4) is 0 Å². The number of carbonyl (C=O) groups excluding carboxylic acids is 1. The Morgan fingerprint density at radius 1 is 1.03 bits per heavy atom. The van der Waals surface area contributed by atoms with E-state index in [1.54, 1.807) is 12.1 Å². The van der Waals surface area contributed by atoms with E-state index in [9.17, 15) is 4.79 Å². The van der Waals surface area contributed by atoms with Crippen molar-refractivity contribution in [3.05, 3.63) is 47.0 Å². The predicted molar refractivity (Wildman–Crippen MR) is 117 cm³/mol. The van der Waals surface area contributed by atoms with Crippen molar-refractivity contribution in [1.82, 2.24) is 15.1 Å². The van der Waals surface area contributed by atoms with Gasteiger partial charge in [-0.3, -0.25) is 4.79 Å². The van der Waals surface area contributed by atoms with Crippen LogP contribution < -0.4 is 9.80 Å². The van der Waals surface area contributed by atoms with Gasteiger partial charge in [0.15, 0.2) is 11.6 Å². The first kappa shape index (κ1) is 20.0. The van der Waals surface area contributed by atoms with Crippen LogP contribution in [0.5, 0.6) is 0 Å². The minimum atomic E-state index is 0.0317. The zero-order valence-corrected chi connectivity index (χ0v) is 17.7. The molecular formula is C22H28ClN5O. The van der Waals surface area contributed by atoms with E-state index in [0.29, 0.717) is 29.7 Å². The molecule has 2 aliphatic rings. The summed E-state index contributed by atoms with van der Waals surface area (Å²) in [7, 11) is 0. The maximum absolute atomic E-state index is 12.7. The lowest BCUT2D eigenvalue weighted by molar-refractivity contribution is 0.0746. The number of rotatable bonds is 4. The highest BCUT2D eigenvalue weighted by atomic mass is 35.5. The summed E-state index contributed by atoms with van der Waals surface area (Å²) in [5, 5.41) is 9.61. The Morgan fingerprint density at radius 2 is 1.79 bits per heavy atom.